The number of hydrogen-bond donors (Lipinski definition) is 1. The third-order valence-electron chi connectivity index (χ3n) is 3.35. The van der Waals surface area contributed by atoms with Gasteiger partial charge in [0, 0.05) is 10.9 Å². The van der Waals surface area contributed by atoms with Crippen LogP contribution in [0.5, 0.6) is 0 Å². The summed E-state index contributed by atoms with van der Waals surface area (Å²) in [6, 6.07) is 5.55. The molecular formula is C13H10ClFN2O2S. The van der Waals surface area contributed by atoms with Crippen molar-refractivity contribution in [2.24, 2.45) is 0 Å². The van der Waals surface area contributed by atoms with Crippen molar-refractivity contribution in [2.45, 2.75) is 18.9 Å². The molecule has 1 aromatic heterocycles. The molecule has 0 spiro atoms. The van der Waals surface area contributed by atoms with Gasteiger partial charge in [-0.05, 0) is 30.5 Å². The van der Waals surface area contributed by atoms with Crippen molar-refractivity contribution in [2.75, 3.05) is 5.32 Å². The second-order valence-electron chi connectivity index (χ2n) is 4.56. The van der Waals surface area contributed by atoms with Gasteiger partial charge in [-0.25, -0.2) is 4.39 Å². The quantitative estimate of drug-likeness (QED) is 0.668. The molecule has 0 aliphatic heterocycles. The average Bonchev–Trinajstić information content (AvgIpc) is 2.92. The number of nitrogens with zero attached hydrogens (tertiary/aromatic N) is 1. The van der Waals surface area contributed by atoms with Crippen LogP contribution in [-0.2, 0) is 6.42 Å². The number of rotatable bonds is 3. The Bertz CT molecular complexity index is 689. The topological polar surface area (TPSA) is 55.2 Å². The summed E-state index contributed by atoms with van der Waals surface area (Å²) in [6.45, 7) is 0. The zero-order valence-electron chi connectivity index (χ0n) is 10.2. The second kappa shape index (κ2) is 5.03. The Morgan fingerprint density at radius 3 is 3.05 bits per heavy atom. The Morgan fingerprint density at radius 1 is 1.50 bits per heavy atom. The largest absolute Gasteiger partial charge is 0.370 e. The molecular weight excluding hydrogens is 303 g/mol. The second-order valence-corrected chi connectivity index (χ2v) is 6.32. The van der Waals surface area contributed by atoms with Gasteiger partial charge in [-0.1, -0.05) is 17.7 Å². The van der Waals surface area contributed by atoms with Crippen LogP contribution in [0.4, 0.5) is 15.8 Å². The SMILES string of the molecule is O=[N+]([O-])c1cccc(F)c1NC1CCc2sc(Cl)cc21. The molecule has 7 heteroatoms. The van der Waals surface area contributed by atoms with E-state index in [-0.39, 0.29) is 17.4 Å². The molecule has 104 valence electrons. The maximum absolute atomic E-state index is 13.9. The van der Waals surface area contributed by atoms with Crippen LogP contribution in [0, 0.1) is 15.9 Å². The van der Waals surface area contributed by atoms with E-state index in [2.05, 4.69) is 5.32 Å². The summed E-state index contributed by atoms with van der Waals surface area (Å²) in [5, 5.41) is 13.9. The van der Waals surface area contributed by atoms with E-state index in [9.17, 15) is 14.5 Å². The predicted molar refractivity (Wildman–Crippen MR) is 77.1 cm³/mol. The lowest BCUT2D eigenvalue weighted by atomic mass is 10.1. The third-order valence-corrected chi connectivity index (χ3v) is 4.69. The minimum absolute atomic E-state index is 0.0577. The van der Waals surface area contributed by atoms with Crippen molar-refractivity contribution in [3.05, 3.63) is 55.0 Å². The first kappa shape index (κ1) is 13.3. The highest BCUT2D eigenvalue weighted by atomic mass is 35.5. The van der Waals surface area contributed by atoms with Crippen LogP contribution >= 0.6 is 22.9 Å². The fourth-order valence-electron chi connectivity index (χ4n) is 2.46. The van der Waals surface area contributed by atoms with Gasteiger partial charge in [0.25, 0.3) is 5.69 Å². The summed E-state index contributed by atoms with van der Waals surface area (Å²) in [5.41, 5.74) is 0.704. The number of benzene rings is 1. The molecule has 1 aliphatic rings. The van der Waals surface area contributed by atoms with Crippen molar-refractivity contribution in [3.63, 3.8) is 0 Å². The lowest BCUT2D eigenvalue weighted by molar-refractivity contribution is -0.384. The molecule has 2 aromatic rings. The molecule has 0 saturated heterocycles. The molecule has 4 nitrogen and oxygen atoms in total. The summed E-state index contributed by atoms with van der Waals surface area (Å²) in [5.74, 6) is -0.617. The van der Waals surface area contributed by atoms with Gasteiger partial charge < -0.3 is 5.32 Å². The van der Waals surface area contributed by atoms with Gasteiger partial charge in [0.15, 0.2) is 5.82 Å². The standard InChI is InChI=1S/C13H10ClFN2O2S/c14-12-6-7-9(4-5-11(7)20-12)16-13-8(15)2-1-3-10(13)17(18)19/h1-3,6,9,16H,4-5H2. The van der Waals surface area contributed by atoms with E-state index in [0.29, 0.717) is 4.34 Å². The van der Waals surface area contributed by atoms with Crippen molar-refractivity contribution >= 4 is 34.3 Å². The number of nitro benzene ring substituents is 1. The highest BCUT2D eigenvalue weighted by molar-refractivity contribution is 7.16. The van der Waals surface area contributed by atoms with Gasteiger partial charge >= 0.3 is 0 Å². The molecule has 0 bridgehead atoms. The molecule has 3 rings (SSSR count). The Hall–Kier alpha value is -1.66. The highest BCUT2D eigenvalue weighted by Gasteiger charge is 2.28. The minimum Gasteiger partial charge on any atom is -0.370 e. The van der Waals surface area contributed by atoms with Crippen LogP contribution in [0.3, 0.4) is 0 Å². The number of fused-ring (bicyclic) bond motifs is 1. The van der Waals surface area contributed by atoms with E-state index in [1.165, 1.54) is 29.5 Å². The van der Waals surface area contributed by atoms with E-state index in [0.717, 1.165) is 23.3 Å². The molecule has 1 aliphatic carbocycles. The number of anilines is 1. The van der Waals surface area contributed by atoms with Crippen molar-refractivity contribution < 1.29 is 9.31 Å². The Balaban J connectivity index is 1.95. The molecule has 1 heterocycles. The summed E-state index contributed by atoms with van der Waals surface area (Å²) < 4.78 is 14.5. The molecule has 20 heavy (non-hydrogen) atoms. The van der Waals surface area contributed by atoms with Gasteiger partial charge in [0.05, 0.1) is 15.3 Å². The fourth-order valence-corrected chi connectivity index (χ4v) is 3.82. The van der Waals surface area contributed by atoms with E-state index >= 15 is 0 Å². The van der Waals surface area contributed by atoms with Gasteiger partial charge in [0.2, 0.25) is 0 Å². The fraction of sp³-hybridized carbons (Fsp3) is 0.231. The first-order valence-electron chi connectivity index (χ1n) is 6.04. The first-order chi connectivity index (χ1) is 9.56. The monoisotopic (exact) mass is 312 g/mol. The third kappa shape index (κ3) is 2.25. The maximum atomic E-state index is 13.9. The van der Waals surface area contributed by atoms with Crippen molar-refractivity contribution in [1.82, 2.24) is 0 Å². The smallest absolute Gasteiger partial charge is 0.295 e. The van der Waals surface area contributed by atoms with Crippen LogP contribution in [0.2, 0.25) is 4.34 Å². The highest BCUT2D eigenvalue weighted by Crippen LogP contribution is 2.42. The van der Waals surface area contributed by atoms with Gasteiger partial charge in [0.1, 0.15) is 5.69 Å². The Labute approximate surface area is 123 Å². The van der Waals surface area contributed by atoms with E-state index in [1.807, 2.05) is 6.07 Å². The van der Waals surface area contributed by atoms with Crippen LogP contribution in [0.25, 0.3) is 0 Å². The summed E-state index contributed by atoms with van der Waals surface area (Å²) in [6.07, 6.45) is 1.64. The first-order valence-corrected chi connectivity index (χ1v) is 7.23. The van der Waals surface area contributed by atoms with Crippen molar-refractivity contribution in [3.8, 4) is 0 Å². The number of nitrogens with one attached hydrogen (secondary N) is 1. The molecule has 1 atom stereocenters. The Kier molecular flexibility index (Phi) is 3.35. The van der Waals surface area contributed by atoms with Crippen LogP contribution in [0.15, 0.2) is 24.3 Å². The molecule has 0 fully saturated rings. The summed E-state index contributed by atoms with van der Waals surface area (Å²) in [7, 11) is 0. The molecule has 0 saturated carbocycles. The zero-order chi connectivity index (χ0) is 14.3. The van der Waals surface area contributed by atoms with E-state index in [1.54, 1.807) is 0 Å². The van der Waals surface area contributed by atoms with Gasteiger partial charge in [-0.3, -0.25) is 10.1 Å². The minimum atomic E-state index is -0.617. The lowest BCUT2D eigenvalue weighted by Crippen LogP contribution is -2.10. The normalized spacial score (nSPS) is 17.0. The molecule has 1 N–H and O–H groups in total. The molecule has 0 radical (unpaired) electrons. The van der Waals surface area contributed by atoms with E-state index < -0.39 is 10.7 Å². The van der Waals surface area contributed by atoms with Crippen molar-refractivity contribution in [1.29, 1.82) is 0 Å². The lowest BCUT2D eigenvalue weighted by Gasteiger charge is -2.15. The number of nitro groups is 1. The zero-order valence-corrected chi connectivity index (χ0v) is 11.8. The number of halogens is 2. The van der Waals surface area contributed by atoms with Crippen LogP contribution in [0.1, 0.15) is 22.9 Å². The summed E-state index contributed by atoms with van der Waals surface area (Å²) in [4.78, 5) is 11.6. The van der Waals surface area contributed by atoms with Gasteiger partial charge in [-0.15, -0.1) is 11.3 Å². The van der Waals surface area contributed by atoms with Gasteiger partial charge in [-0.2, -0.15) is 0 Å². The summed E-state index contributed by atoms with van der Waals surface area (Å²) >= 11 is 7.47. The van der Waals surface area contributed by atoms with E-state index in [4.69, 9.17) is 11.6 Å². The van der Waals surface area contributed by atoms with Crippen LogP contribution < -0.4 is 5.32 Å². The van der Waals surface area contributed by atoms with Crippen LogP contribution in [-0.4, -0.2) is 4.92 Å². The number of thiophene rings is 1. The number of aryl methyl sites for hydroxylation is 1. The number of hydrogen-bond acceptors (Lipinski definition) is 4. The average molecular weight is 313 g/mol. The predicted octanol–water partition coefficient (Wildman–Crippen LogP) is 4.55. The number of para-hydroxylation sites is 1. The maximum Gasteiger partial charge on any atom is 0.295 e. The molecule has 0 amide bonds. The Morgan fingerprint density at radius 2 is 2.30 bits per heavy atom. The molecule has 1 aromatic carbocycles. The molecule has 1 unspecified atom stereocenters.